The molecule has 0 unspecified atom stereocenters. The summed E-state index contributed by atoms with van der Waals surface area (Å²) < 4.78 is 0.896. The van der Waals surface area contributed by atoms with Crippen molar-refractivity contribution in [3.05, 3.63) is 80.6 Å². The standard InChI is InChI=1S/C32H32N4O4S4/c1-21-3-7-23(8-4-21)19-25-29(39)35(31(41)43-25)13-11-27(37)33-15-17-34(18-16-33)28(38)12-14-36-30(40)26(44-32(36)42)20-24-9-5-22(2)6-10-24/h3-10,19-20H,11-18H2,1-2H3. The summed E-state index contributed by atoms with van der Waals surface area (Å²) in [6, 6.07) is 15.8. The molecule has 8 nitrogen and oxygen atoms in total. The van der Waals surface area contributed by atoms with Gasteiger partial charge in [0.25, 0.3) is 11.8 Å². The smallest absolute Gasteiger partial charge is 0.266 e. The zero-order valence-electron chi connectivity index (χ0n) is 24.5. The molecule has 3 aliphatic rings. The zero-order valence-corrected chi connectivity index (χ0v) is 27.8. The Kier molecular flexibility index (Phi) is 10.3. The molecule has 0 N–H and O–H groups in total. The highest BCUT2D eigenvalue weighted by Crippen LogP contribution is 2.34. The lowest BCUT2D eigenvalue weighted by atomic mass is 10.1. The molecule has 0 aliphatic carbocycles. The van der Waals surface area contributed by atoms with Crippen molar-refractivity contribution in [1.82, 2.24) is 19.6 Å². The monoisotopic (exact) mass is 664 g/mol. The van der Waals surface area contributed by atoms with Crippen LogP contribution in [-0.4, -0.2) is 91.1 Å². The number of rotatable bonds is 8. The average Bonchev–Trinajstić information content (AvgIpc) is 3.44. The van der Waals surface area contributed by atoms with Crippen molar-refractivity contribution in [3.8, 4) is 0 Å². The zero-order chi connectivity index (χ0) is 31.4. The van der Waals surface area contributed by atoms with Gasteiger partial charge in [0.05, 0.1) is 9.81 Å². The van der Waals surface area contributed by atoms with E-state index in [1.165, 1.54) is 33.3 Å². The van der Waals surface area contributed by atoms with E-state index in [0.717, 1.165) is 22.3 Å². The second-order valence-electron chi connectivity index (χ2n) is 10.7. The van der Waals surface area contributed by atoms with Gasteiger partial charge >= 0.3 is 0 Å². The molecule has 3 heterocycles. The molecule has 0 bridgehead atoms. The molecule has 0 atom stereocenters. The molecule has 3 fully saturated rings. The first kappa shape index (κ1) is 32.1. The second kappa shape index (κ2) is 14.2. The third-order valence-corrected chi connectivity index (χ3v) is 10.3. The van der Waals surface area contributed by atoms with Crippen molar-refractivity contribution < 1.29 is 19.2 Å². The number of nitrogens with zero attached hydrogens (tertiary/aromatic N) is 4. The van der Waals surface area contributed by atoms with Crippen molar-refractivity contribution >= 4 is 92.4 Å². The van der Waals surface area contributed by atoms with E-state index in [9.17, 15) is 19.2 Å². The number of amides is 4. The minimum atomic E-state index is -0.184. The molecular weight excluding hydrogens is 633 g/mol. The Labute approximate surface area is 276 Å². The van der Waals surface area contributed by atoms with Gasteiger partial charge in [-0.05, 0) is 37.1 Å². The van der Waals surface area contributed by atoms with Gasteiger partial charge in [-0.15, -0.1) is 0 Å². The van der Waals surface area contributed by atoms with E-state index < -0.39 is 0 Å². The number of thioether (sulfide) groups is 2. The molecule has 2 aromatic rings. The Balaban J connectivity index is 1.06. The summed E-state index contributed by atoms with van der Waals surface area (Å²) in [4.78, 5) is 59.3. The summed E-state index contributed by atoms with van der Waals surface area (Å²) in [5.41, 5.74) is 4.13. The third kappa shape index (κ3) is 7.66. The molecule has 5 rings (SSSR count). The molecule has 12 heteroatoms. The largest absolute Gasteiger partial charge is 0.339 e. The van der Waals surface area contributed by atoms with Gasteiger partial charge in [0.2, 0.25) is 11.8 Å². The molecule has 2 aromatic carbocycles. The van der Waals surface area contributed by atoms with Crippen LogP contribution in [-0.2, 0) is 19.2 Å². The summed E-state index contributed by atoms with van der Waals surface area (Å²) in [6.07, 6.45) is 3.96. The lowest BCUT2D eigenvalue weighted by Gasteiger charge is -2.35. The summed E-state index contributed by atoms with van der Waals surface area (Å²) in [7, 11) is 0. The number of thiocarbonyl (C=S) groups is 2. The Hall–Kier alpha value is -3.32. The highest BCUT2D eigenvalue weighted by atomic mass is 32.2. The van der Waals surface area contributed by atoms with Gasteiger partial charge in [0.15, 0.2) is 0 Å². The van der Waals surface area contributed by atoms with Crippen LogP contribution in [0.1, 0.15) is 35.1 Å². The summed E-state index contributed by atoms with van der Waals surface area (Å²) in [5.74, 6) is -0.523. The molecule has 3 saturated heterocycles. The summed E-state index contributed by atoms with van der Waals surface area (Å²) in [6.45, 7) is 6.10. The van der Waals surface area contributed by atoms with Crippen molar-refractivity contribution in [1.29, 1.82) is 0 Å². The Morgan fingerprint density at radius 2 is 1.00 bits per heavy atom. The minimum Gasteiger partial charge on any atom is -0.339 e. The van der Waals surface area contributed by atoms with Crippen molar-refractivity contribution in [3.63, 3.8) is 0 Å². The molecule has 0 spiro atoms. The Morgan fingerprint density at radius 1 is 0.659 bits per heavy atom. The number of hydrogen-bond acceptors (Lipinski definition) is 8. The first-order chi connectivity index (χ1) is 21.1. The van der Waals surface area contributed by atoms with Crippen LogP contribution in [0.3, 0.4) is 0 Å². The van der Waals surface area contributed by atoms with E-state index in [1.807, 2.05) is 74.5 Å². The number of carbonyl (C=O) groups excluding carboxylic acids is 4. The van der Waals surface area contributed by atoms with Crippen LogP contribution >= 0.6 is 48.0 Å². The maximum Gasteiger partial charge on any atom is 0.266 e. The molecular formula is C32H32N4O4S4. The first-order valence-corrected chi connectivity index (χ1v) is 16.7. The maximum atomic E-state index is 13.0. The lowest BCUT2D eigenvalue weighted by Crippen LogP contribution is -2.51. The van der Waals surface area contributed by atoms with Gasteiger partial charge in [-0.2, -0.15) is 0 Å². The summed E-state index contributed by atoms with van der Waals surface area (Å²) >= 11 is 13.3. The van der Waals surface area contributed by atoms with Crippen LogP contribution < -0.4 is 0 Å². The topological polar surface area (TPSA) is 81.2 Å². The minimum absolute atomic E-state index is 0.0772. The predicted molar refractivity (Wildman–Crippen MR) is 185 cm³/mol. The van der Waals surface area contributed by atoms with Crippen LogP contribution in [0.5, 0.6) is 0 Å². The van der Waals surface area contributed by atoms with Crippen molar-refractivity contribution in [2.24, 2.45) is 0 Å². The highest BCUT2D eigenvalue weighted by molar-refractivity contribution is 8.27. The number of aryl methyl sites for hydroxylation is 2. The fraction of sp³-hybridized carbons (Fsp3) is 0.312. The van der Waals surface area contributed by atoms with E-state index in [1.54, 1.807) is 9.80 Å². The van der Waals surface area contributed by atoms with Gasteiger partial charge in [-0.25, -0.2) is 0 Å². The van der Waals surface area contributed by atoms with Crippen molar-refractivity contribution in [2.45, 2.75) is 26.7 Å². The normalized spacial score (nSPS) is 19.2. The average molecular weight is 665 g/mol. The number of hydrogen-bond donors (Lipinski definition) is 0. The van der Waals surface area contributed by atoms with Crippen LogP contribution in [0.15, 0.2) is 58.3 Å². The van der Waals surface area contributed by atoms with E-state index in [0.29, 0.717) is 44.6 Å². The summed E-state index contributed by atoms with van der Waals surface area (Å²) in [5, 5.41) is 0. The maximum absolute atomic E-state index is 13.0. The van der Waals surface area contributed by atoms with Crippen LogP contribution in [0.25, 0.3) is 12.2 Å². The van der Waals surface area contributed by atoms with Gasteiger partial charge in [0.1, 0.15) is 8.64 Å². The number of carbonyl (C=O) groups is 4. The van der Waals surface area contributed by atoms with Gasteiger partial charge in [0, 0.05) is 52.1 Å². The number of benzene rings is 2. The third-order valence-electron chi connectivity index (χ3n) is 7.58. The molecule has 4 amide bonds. The quantitative estimate of drug-likeness (QED) is 0.293. The van der Waals surface area contributed by atoms with Crippen LogP contribution in [0.2, 0.25) is 0 Å². The van der Waals surface area contributed by atoms with Gasteiger partial charge in [-0.1, -0.05) is 108 Å². The van der Waals surface area contributed by atoms with Crippen molar-refractivity contribution in [2.75, 3.05) is 39.3 Å². The molecule has 3 aliphatic heterocycles. The predicted octanol–water partition coefficient (Wildman–Crippen LogP) is 4.86. The first-order valence-electron chi connectivity index (χ1n) is 14.3. The molecule has 0 aromatic heterocycles. The van der Waals surface area contributed by atoms with E-state index >= 15 is 0 Å². The fourth-order valence-electron chi connectivity index (χ4n) is 4.95. The van der Waals surface area contributed by atoms with Gasteiger partial charge in [-0.3, -0.25) is 29.0 Å². The molecule has 44 heavy (non-hydrogen) atoms. The molecule has 0 radical (unpaired) electrons. The molecule has 228 valence electrons. The highest BCUT2D eigenvalue weighted by Gasteiger charge is 2.34. The Bertz CT molecular complexity index is 1440. The van der Waals surface area contributed by atoms with Gasteiger partial charge < -0.3 is 9.80 Å². The lowest BCUT2D eigenvalue weighted by molar-refractivity contribution is -0.140. The van der Waals surface area contributed by atoms with E-state index in [2.05, 4.69) is 0 Å². The van der Waals surface area contributed by atoms with E-state index in [4.69, 9.17) is 24.4 Å². The fourth-order valence-corrected chi connectivity index (χ4v) is 7.57. The molecule has 0 saturated carbocycles. The van der Waals surface area contributed by atoms with Crippen LogP contribution in [0.4, 0.5) is 0 Å². The van der Waals surface area contributed by atoms with Crippen LogP contribution in [0, 0.1) is 13.8 Å². The Morgan fingerprint density at radius 3 is 1.34 bits per heavy atom. The number of piperazine rings is 1. The second-order valence-corrected chi connectivity index (χ2v) is 14.1. The van der Waals surface area contributed by atoms with E-state index in [-0.39, 0.29) is 49.6 Å². The SMILES string of the molecule is Cc1ccc(C=C2SC(=S)N(CCC(=O)N3CCN(C(=O)CCN4C(=O)C(=Cc5ccc(C)cc5)SC4=S)CC3)C2=O)cc1.